The zero-order valence-corrected chi connectivity index (χ0v) is 9.51. The SMILES string of the molecule is O=C(CCCCBr)NC1CCOC1=O. The van der Waals surface area contributed by atoms with Gasteiger partial charge in [0.2, 0.25) is 5.91 Å². The first-order valence-corrected chi connectivity index (χ1v) is 5.88. The molecule has 1 unspecified atom stereocenters. The van der Waals surface area contributed by atoms with Gasteiger partial charge >= 0.3 is 5.97 Å². The molecule has 4 nitrogen and oxygen atoms in total. The maximum absolute atomic E-state index is 11.3. The Balaban J connectivity index is 2.16. The zero-order valence-electron chi connectivity index (χ0n) is 7.92. The van der Waals surface area contributed by atoms with Gasteiger partial charge in [0.15, 0.2) is 0 Å². The average molecular weight is 264 g/mol. The third-order valence-electron chi connectivity index (χ3n) is 2.06. The molecule has 5 heteroatoms. The topological polar surface area (TPSA) is 55.4 Å². The molecule has 1 N–H and O–H groups in total. The Bertz CT molecular complexity index is 220. The van der Waals surface area contributed by atoms with Crippen molar-refractivity contribution < 1.29 is 14.3 Å². The zero-order chi connectivity index (χ0) is 10.4. The molecule has 1 rings (SSSR count). The summed E-state index contributed by atoms with van der Waals surface area (Å²) in [6.07, 6.45) is 2.90. The van der Waals surface area contributed by atoms with Gasteiger partial charge in [0.05, 0.1) is 6.61 Å². The maximum atomic E-state index is 11.3. The number of amides is 1. The van der Waals surface area contributed by atoms with Gasteiger partial charge in [0.25, 0.3) is 0 Å². The summed E-state index contributed by atoms with van der Waals surface area (Å²) >= 11 is 3.29. The number of hydrogen-bond acceptors (Lipinski definition) is 3. The van der Waals surface area contributed by atoms with Crippen molar-refractivity contribution in [1.82, 2.24) is 5.32 Å². The van der Waals surface area contributed by atoms with E-state index in [0.717, 1.165) is 18.2 Å². The van der Waals surface area contributed by atoms with Crippen molar-refractivity contribution in [2.75, 3.05) is 11.9 Å². The molecule has 0 radical (unpaired) electrons. The molecule has 0 bridgehead atoms. The average Bonchev–Trinajstić information content (AvgIpc) is 2.52. The van der Waals surface area contributed by atoms with Crippen LogP contribution in [0.4, 0.5) is 0 Å². The highest BCUT2D eigenvalue weighted by atomic mass is 79.9. The van der Waals surface area contributed by atoms with Crippen molar-refractivity contribution in [3.63, 3.8) is 0 Å². The van der Waals surface area contributed by atoms with E-state index < -0.39 is 6.04 Å². The third-order valence-corrected chi connectivity index (χ3v) is 2.62. The maximum Gasteiger partial charge on any atom is 0.328 e. The molecule has 1 aliphatic heterocycles. The van der Waals surface area contributed by atoms with Gasteiger partial charge in [-0.25, -0.2) is 4.79 Å². The fourth-order valence-electron chi connectivity index (χ4n) is 1.27. The van der Waals surface area contributed by atoms with Crippen LogP contribution in [0, 0.1) is 0 Å². The van der Waals surface area contributed by atoms with Crippen molar-refractivity contribution in [3.8, 4) is 0 Å². The van der Waals surface area contributed by atoms with E-state index in [0.29, 0.717) is 19.4 Å². The molecule has 0 saturated carbocycles. The lowest BCUT2D eigenvalue weighted by atomic mass is 10.2. The number of halogens is 1. The first-order chi connectivity index (χ1) is 6.74. The van der Waals surface area contributed by atoms with Crippen LogP contribution < -0.4 is 5.32 Å². The van der Waals surface area contributed by atoms with E-state index in [2.05, 4.69) is 21.2 Å². The summed E-state index contributed by atoms with van der Waals surface area (Å²) < 4.78 is 4.73. The molecule has 1 aliphatic rings. The van der Waals surface area contributed by atoms with Crippen LogP contribution in [0.15, 0.2) is 0 Å². The fraction of sp³-hybridized carbons (Fsp3) is 0.778. The van der Waals surface area contributed by atoms with Gasteiger partial charge in [0.1, 0.15) is 6.04 Å². The quantitative estimate of drug-likeness (QED) is 0.457. The summed E-state index contributed by atoms with van der Waals surface area (Å²) in [5.74, 6) is -0.367. The number of alkyl halides is 1. The van der Waals surface area contributed by atoms with Crippen LogP contribution in [0.2, 0.25) is 0 Å². The van der Waals surface area contributed by atoms with Gasteiger partial charge in [-0.15, -0.1) is 0 Å². The Kier molecular flexibility index (Phi) is 4.93. The van der Waals surface area contributed by atoms with Crippen LogP contribution in [0.1, 0.15) is 25.7 Å². The fourth-order valence-corrected chi connectivity index (χ4v) is 1.67. The molecular formula is C9H14BrNO3. The molecular weight excluding hydrogens is 250 g/mol. The summed E-state index contributed by atoms with van der Waals surface area (Å²) in [4.78, 5) is 22.3. The van der Waals surface area contributed by atoms with Gasteiger partial charge in [-0.3, -0.25) is 4.79 Å². The molecule has 14 heavy (non-hydrogen) atoms. The van der Waals surface area contributed by atoms with Crippen LogP contribution in [0.3, 0.4) is 0 Å². The van der Waals surface area contributed by atoms with Crippen LogP contribution >= 0.6 is 15.9 Å². The number of cyclic esters (lactones) is 1. The summed E-state index contributed by atoms with van der Waals surface area (Å²) in [6.45, 7) is 0.422. The predicted octanol–water partition coefficient (Wildman–Crippen LogP) is 0.983. The van der Waals surface area contributed by atoms with E-state index in [1.54, 1.807) is 0 Å². The number of nitrogens with one attached hydrogen (secondary N) is 1. The summed E-state index contributed by atoms with van der Waals surface area (Å²) in [6, 6.07) is -0.411. The molecule has 1 amide bonds. The Hall–Kier alpha value is -0.580. The standard InChI is InChI=1S/C9H14BrNO3/c10-5-2-1-3-8(12)11-7-4-6-14-9(7)13/h7H,1-6H2,(H,11,12). The highest BCUT2D eigenvalue weighted by molar-refractivity contribution is 9.09. The summed E-state index contributed by atoms with van der Waals surface area (Å²) in [5.41, 5.74) is 0. The summed E-state index contributed by atoms with van der Waals surface area (Å²) in [5, 5.41) is 3.57. The molecule has 1 heterocycles. The van der Waals surface area contributed by atoms with E-state index in [-0.39, 0.29) is 11.9 Å². The lowest BCUT2D eigenvalue weighted by Crippen LogP contribution is -2.37. The third kappa shape index (κ3) is 3.65. The number of esters is 1. The molecule has 0 aliphatic carbocycles. The number of carbonyl (C=O) groups excluding carboxylic acids is 2. The van der Waals surface area contributed by atoms with Crippen molar-refractivity contribution in [2.24, 2.45) is 0 Å². The smallest absolute Gasteiger partial charge is 0.328 e. The number of ether oxygens (including phenoxy) is 1. The first-order valence-electron chi connectivity index (χ1n) is 4.76. The highest BCUT2D eigenvalue weighted by Crippen LogP contribution is 2.06. The Labute approximate surface area is 91.5 Å². The molecule has 1 fully saturated rings. The normalized spacial score (nSPS) is 20.6. The molecule has 1 saturated heterocycles. The van der Waals surface area contributed by atoms with Gasteiger partial charge in [-0.2, -0.15) is 0 Å². The second-order valence-electron chi connectivity index (χ2n) is 3.22. The predicted molar refractivity (Wildman–Crippen MR) is 55.2 cm³/mol. The van der Waals surface area contributed by atoms with Gasteiger partial charge < -0.3 is 10.1 Å². The van der Waals surface area contributed by atoms with Crippen molar-refractivity contribution in [2.45, 2.75) is 31.7 Å². The van der Waals surface area contributed by atoms with Crippen molar-refractivity contribution in [3.05, 3.63) is 0 Å². The van der Waals surface area contributed by atoms with Crippen LogP contribution in [-0.4, -0.2) is 29.9 Å². The second kappa shape index (κ2) is 6.01. The van der Waals surface area contributed by atoms with E-state index in [9.17, 15) is 9.59 Å². The second-order valence-corrected chi connectivity index (χ2v) is 4.02. The Morgan fingerprint density at radius 3 is 2.93 bits per heavy atom. The molecule has 0 spiro atoms. The number of carbonyl (C=O) groups is 2. The molecule has 80 valence electrons. The number of rotatable bonds is 5. The van der Waals surface area contributed by atoms with Gasteiger partial charge in [-0.1, -0.05) is 15.9 Å². The Morgan fingerprint density at radius 2 is 2.36 bits per heavy atom. The lowest BCUT2D eigenvalue weighted by molar-refractivity contribution is -0.141. The lowest BCUT2D eigenvalue weighted by Gasteiger charge is -2.07. The monoisotopic (exact) mass is 263 g/mol. The van der Waals surface area contributed by atoms with E-state index in [1.807, 2.05) is 0 Å². The van der Waals surface area contributed by atoms with E-state index in [1.165, 1.54) is 0 Å². The van der Waals surface area contributed by atoms with E-state index >= 15 is 0 Å². The van der Waals surface area contributed by atoms with Crippen molar-refractivity contribution in [1.29, 1.82) is 0 Å². The van der Waals surface area contributed by atoms with Crippen LogP contribution in [0.5, 0.6) is 0 Å². The first kappa shape index (κ1) is 11.5. The minimum absolute atomic E-state index is 0.0604. The molecule has 0 aromatic heterocycles. The minimum Gasteiger partial charge on any atom is -0.464 e. The van der Waals surface area contributed by atoms with Gasteiger partial charge in [-0.05, 0) is 12.8 Å². The largest absolute Gasteiger partial charge is 0.464 e. The number of unbranched alkanes of at least 4 members (excludes halogenated alkanes) is 1. The van der Waals surface area contributed by atoms with E-state index in [4.69, 9.17) is 4.74 Å². The minimum atomic E-state index is -0.411. The van der Waals surface area contributed by atoms with Gasteiger partial charge in [0, 0.05) is 18.2 Å². The molecule has 1 atom stereocenters. The van der Waals surface area contributed by atoms with Crippen molar-refractivity contribution >= 4 is 27.8 Å². The molecule has 0 aromatic carbocycles. The molecule has 0 aromatic rings. The van der Waals surface area contributed by atoms with Crippen LogP contribution in [0.25, 0.3) is 0 Å². The summed E-state index contributed by atoms with van der Waals surface area (Å²) in [7, 11) is 0. The highest BCUT2D eigenvalue weighted by Gasteiger charge is 2.27. The van der Waals surface area contributed by atoms with Crippen LogP contribution in [-0.2, 0) is 14.3 Å². The number of hydrogen-bond donors (Lipinski definition) is 1. The Morgan fingerprint density at radius 1 is 1.57 bits per heavy atom.